The SMILES string of the molecule is CCOC(=O)[C@H](Cc1c(OC(C)C)noc1C)N(C(=O)OC(C)(C)C)C(=O)OC(C)(C)C. The van der Waals surface area contributed by atoms with E-state index in [0.717, 1.165) is 0 Å². The van der Waals surface area contributed by atoms with Gasteiger partial charge in [0, 0.05) is 6.42 Å². The number of carbonyl (C=O) groups excluding carboxylic acids is 3. The molecular formula is C22H36N2O8. The van der Waals surface area contributed by atoms with Crippen LogP contribution in [0.25, 0.3) is 0 Å². The summed E-state index contributed by atoms with van der Waals surface area (Å²) in [5.74, 6) is -0.260. The van der Waals surface area contributed by atoms with Gasteiger partial charge in [-0.05, 0) is 74.4 Å². The van der Waals surface area contributed by atoms with Crippen molar-refractivity contribution in [2.45, 2.75) is 99.0 Å². The van der Waals surface area contributed by atoms with E-state index in [1.807, 2.05) is 13.8 Å². The first-order valence-corrected chi connectivity index (χ1v) is 10.6. The number of ether oxygens (including phenoxy) is 4. The van der Waals surface area contributed by atoms with Crippen LogP contribution >= 0.6 is 0 Å². The van der Waals surface area contributed by atoms with Gasteiger partial charge in [-0.15, -0.1) is 0 Å². The second-order valence-corrected chi connectivity index (χ2v) is 9.49. The number of imide groups is 1. The molecule has 0 radical (unpaired) electrons. The zero-order valence-corrected chi connectivity index (χ0v) is 20.7. The molecule has 0 aliphatic rings. The minimum absolute atomic E-state index is 0.0454. The lowest BCUT2D eigenvalue weighted by Gasteiger charge is -2.32. The smallest absolute Gasteiger partial charge is 0.420 e. The van der Waals surface area contributed by atoms with Crippen molar-refractivity contribution in [3.05, 3.63) is 11.3 Å². The van der Waals surface area contributed by atoms with E-state index in [2.05, 4.69) is 5.16 Å². The molecule has 0 aromatic carbocycles. The summed E-state index contributed by atoms with van der Waals surface area (Å²) in [5, 5.41) is 3.88. The molecule has 1 heterocycles. The number of carbonyl (C=O) groups is 3. The Morgan fingerprint density at radius 1 is 1.00 bits per heavy atom. The predicted octanol–water partition coefficient (Wildman–Crippen LogP) is 4.42. The van der Waals surface area contributed by atoms with Gasteiger partial charge in [0.1, 0.15) is 23.0 Å². The number of hydrogen-bond donors (Lipinski definition) is 0. The number of aromatic nitrogens is 1. The van der Waals surface area contributed by atoms with Crippen molar-refractivity contribution in [1.82, 2.24) is 10.1 Å². The van der Waals surface area contributed by atoms with Crippen molar-refractivity contribution < 1.29 is 37.9 Å². The van der Waals surface area contributed by atoms with Gasteiger partial charge in [-0.1, -0.05) is 0 Å². The van der Waals surface area contributed by atoms with Gasteiger partial charge in [0.2, 0.25) is 0 Å². The van der Waals surface area contributed by atoms with Gasteiger partial charge < -0.3 is 23.5 Å². The number of amides is 2. The molecule has 1 aromatic rings. The topological polar surface area (TPSA) is 117 Å². The fourth-order valence-corrected chi connectivity index (χ4v) is 2.58. The molecule has 0 spiro atoms. The number of aryl methyl sites for hydroxylation is 1. The van der Waals surface area contributed by atoms with Crippen LogP contribution in [0.4, 0.5) is 9.59 Å². The monoisotopic (exact) mass is 456 g/mol. The van der Waals surface area contributed by atoms with Crippen molar-refractivity contribution in [1.29, 1.82) is 0 Å². The second-order valence-electron chi connectivity index (χ2n) is 9.49. The standard InChI is InChI=1S/C22H36N2O8/c1-11-28-18(25)16(12-15-14(4)32-23-17(15)29-13(2)3)24(19(26)30-21(5,6)7)20(27)31-22(8,9)10/h13,16H,11-12H2,1-10H3/t16-/m0/s1. The van der Waals surface area contributed by atoms with E-state index < -0.39 is 35.4 Å². The van der Waals surface area contributed by atoms with Gasteiger partial charge >= 0.3 is 18.2 Å². The Morgan fingerprint density at radius 3 is 1.91 bits per heavy atom. The van der Waals surface area contributed by atoms with Crippen LogP contribution < -0.4 is 4.74 Å². The summed E-state index contributed by atoms with van der Waals surface area (Å²) in [4.78, 5) is 39.6. The van der Waals surface area contributed by atoms with Crippen molar-refractivity contribution in [3.8, 4) is 5.88 Å². The van der Waals surface area contributed by atoms with Gasteiger partial charge in [0.05, 0.1) is 18.3 Å². The molecule has 0 saturated carbocycles. The Hall–Kier alpha value is -2.78. The molecule has 10 nitrogen and oxygen atoms in total. The zero-order chi connectivity index (χ0) is 24.9. The highest BCUT2D eigenvalue weighted by molar-refractivity contribution is 5.94. The summed E-state index contributed by atoms with van der Waals surface area (Å²) >= 11 is 0. The lowest BCUT2D eigenvalue weighted by molar-refractivity contribution is -0.149. The first-order valence-electron chi connectivity index (χ1n) is 10.6. The maximum absolute atomic E-state index is 13.0. The Labute approximate surface area is 189 Å². The molecule has 0 bridgehead atoms. The molecular weight excluding hydrogens is 420 g/mol. The predicted molar refractivity (Wildman–Crippen MR) is 115 cm³/mol. The molecule has 0 aliphatic heterocycles. The Balaban J connectivity index is 3.49. The average Bonchev–Trinajstić information content (AvgIpc) is 2.90. The molecule has 1 atom stereocenters. The molecule has 0 N–H and O–H groups in total. The van der Waals surface area contributed by atoms with Crippen LogP contribution in [0.5, 0.6) is 5.88 Å². The van der Waals surface area contributed by atoms with Gasteiger partial charge in [-0.25, -0.2) is 14.4 Å². The van der Waals surface area contributed by atoms with Gasteiger partial charge in [-0.2, -0.15) is 4.90 Å². The summed E-state index contributed by atoms with van der Waals surface area (Å²) < 4.78 is 26.8. The quantitative estimate of drug-likeness (QED) is 0.434. The lowest BCUT2D eigenvalue weighted by Crippen LogP contribution is -2.53. The maximum Gasteiger partial charge on any atom is 0.420 e. The third-order valence-corrected chi connectivity index (χ3v) is 3.74. The van der Waals surface area contributed by atoms with Crippen LogP contribution in [0.2, 0.25) is 0 Å². The fraction of sp³-hybridized carbons (Fsp3) is 0.727. The van der Waals surface area contributed by atoms with Crippen molar-refractivity contribution in [3.63, 3.8) is 0 Å². The number of nitrogens with zero attached hydrogens (tertiary/aromatic N) is 2. The molecule has 182 valence electrons. The Morgan fingerprint density at radius 2 is 1.50 bits per heavy atom. The minimum Gasteiger partial charge on any atom is -0.473 e. The zero-order valence-electron chi connectivity index (χ0n) is 20.7. The summed E-state index contributed by atoms with van der Waals surface area (Å²) in [5.41, 5.74) is -1.42. The molecule has 10 heteroatoms. The van der Waals surface area contributed by atoms with Gasteiger partial charge in [0.25, 0.3) is 5.88 Å². The molecule has 2 amide bonds. The highest BCUT2D eigenvalue weighted by Crippen LogP contribution is 2.27. The third kappa shape index (κ3) is 8.39. The fourth-order valence-electron chi connectivity index (χ4n) is 2.58. The van der Waals surface area contributed by atoms with E-state index in [1.165, 1.54) is 0 Å². The van der Waals surface area contributed by atoms with Gasteiger partial charge in [-0.3, -0.25) is 0 Å². The number of hydrogen-bond acceptors (Lipinski definition) is 9. The molecule has 1 rings (SSSR count). The second kappa shape index (κ2) is 10.7. The lowest BCUT2D eigenvalue weighted by atomic mass is 10.1. The van der Waals surface area contributed by atoms with Gasteiger partial charge in [0.15, 0.2) is 0 Å². The van der Waals surface area contributed by atoms with Crippen LogP contribution in [-0.4, -0.2) is 58.2 Å². The van der Waals surface area contributed by atoms with Crippen LogP contribution in [0.3, 0.4) is 0 Å². The summed E-state index contributed by atoms with van der Waals surface area (Å²) in [6.07, 6.45) is -2.45. The van der Waals surface area contributed by atoms with Crippen LogP contribution in [-0.2, 0) is 25.4 Å². The van der Waals surface area contributed by atoms with E-state index >= 15 is 0 Å². The Kier molecular flexibility index (Phi) is 9.11. The maximum atomic E-state index is 13.0. The van der Waals surface area contributed by atoms with Crippen LogP contribution in [0.15, 0.2) is 4.52 Å². The highest BCUT2D eigenvalue weighted by atomic mass is 16.6. The van der Waals surface area contributed by atoms with E-state index in [1.54, 1.807) is 55.4 Å². The third-order valence-electron chi connectivity index (χ3n) is 3.74. The molecule has 1 aromatic heterocycles. The summed E-state index contributed by atoms with van der Waals surface area (Å²) in [7, 11) is 0. The number of esters is 1. The van der Waals surface area contributed by atoms with E-state index in [9.17, 15) is 14.4 Å². The first kappa shape index (κ1) is 27.3. The summed E-state index contributed by atoms with van der Waals surface area (Å²) in [6.45, 7) is 16.8. The minimum atomic E-state index is -1.40. The summed E-state index contributed by atoms with van der Waals surface area (Å²) in [6, 6.07) is -1.40. The molecule has 0 aliphatic carbocycles. The van der Waals surface area contributed by atoms with Crippen LogP contribution in [0.1, 0.15) is 73.6 Å². The van der Waals surface area contributed by atoms with Crippen molar-refractivity contribution in [2.75, 3.05) is 6.61 Å². The molecule has 32 heavy (non-hydrogen) atoms. The average molecular weight is 457 g/mol. The van der Waals surface area contributed by atoms with E-state index in [0.29, 0.717) is 16.2 Å². The van der Waals surface area contributed by atoms with Crippen LogP contribution in [0, 0.1) is 6.92 Å². The number of rotatable bonds is 7. The molecule has 0 unspecified atom stereocenters. The molecule has 0 saturated heterocycles. The highest BCUT2D eigenvalue weighted by Gasteiger charge is 2.42. The van der Waals surface area contributed by atoms with Crippen molar-refractivity contribution >= 4 is 18.2 Å². The molecule has 0 fully saturated rings. The Bertz CT molecular complexity index is 774. The van der Waals surface area contributed by atoms with E-state index in [-0.39, 0.29) is 25.0 Å². The van der Waals surface area contributed by atoms with E-state index in [4.69, 9.17) is 23.5 Å². The largest absolute Gasteiger partial charge is 0.473 e. The van der Waals surface area contributed by atoms with Crippen molar-refractivity contribution in [2.24, 2.45) is 0 Å². The normalized spacial score (nSPS) is 12.8. The first-order chi connectivity index (χ1) is 14.6.